The molecule has 0 atom stereocenters. The van der Waals surface area contributed by atoms with Crippen LogP contribution in [0, 0.1) is 0 Å². The van der Waals surface area contributed by atoms with E-state index in [1.165, 1.54) is 0 Å². The quantitative estimate of drug-likeness (QED) is 0.592. The summed E-state index contributed by atoms with van der Waals surface area (Å²) in [6.45, 7) is 12.3. The molecular formula is C10H24O2Si. The van der Waals surface area contributed by atoms with E-state index in [1.54, 1.807) is 0 Å². The largest absolute Gasteiger partial charge is 0.394 e. The monoisotopic (exact) mass is 204 g/mol. The molecule has 13 heavy (non-hydrogen) atoms. The molecule has 0 unspecified atom stereocenters. The normalized spacial score (nSPS) is 12.5. The topological polar surface area (TPSA) is 18.5 Å². The van der Waals surface area contributed by atoms with Gasteiger partial charge in [0.1, 0.15) is 0 Å². The molecule has 0 aliphatic carbocycles. The summed E-state index contributed by atoms with van der Waals surface area (Å²) in [4.78, 5) is 0. The Labute approximate surface area is 83.9 Å². The highest BCUT2D eigenvalue weighted by molar-refractivity contribution is 6.68. The van der Waals surface area contributed by atoms with E-state index in [2.05, 4.69) is 34.6 Å². The summed E-state index contributed by atoms with van der Waals surface area (Å²) in [6.07, 6.45) is 1.16. The highest BCUT2D eigenvalue weighted by atomic mass is 28.4. The van der Waals surface area contributed by atoms with E-state index in [0.29, 0.717) is 5.54 Å². The van der Waals surface area contributed by atoms with Gasteiger partial charge in [-0.2, -0.15) is 0 Å². The second-order valence-corrected chi connectivity index (χ2v) is 7.44. The molecule has 0 aromatic rings. The van der Waals surface area contributed by atoms with Crippen LogP contribution in [0.2, 0.25) is 11.6 Å². The first-order valence-electron chi connectivity index (χ1n) is 5.40. The van der Waals surface area contributed by atoms with Gasteiger partial charge in [0.25, 0.3) is 0 Å². The second-order valence-electron chi connectivity index (χ2n) is 3.58. The molecule has 0 rings (SSSR count). The van der Waals surface area contributed by atoms with Crippen LogP contribution in [0.1, 0.15) is 41.0 Å². The van der Waals surface area contributed by atoms with Crippen LogP contribution in [-0.2, 0) is 8.85 Å². The maximum atomic E-state index is 5.89. The van der Waals surface area contributed by atoms with Crippen molar-refractivity contribution in [2.24, 2.45) is 0 Å². The minimum atomic E-state index is -1.87. The molecule has 0 spiro atoms. The van der Waals surface area contributed by atoms with Gasteiger partial charge in [-0.05, 0) is 25.4 Å². The van der Waals surface area contributed by atoms with Gasteiger partial charge in [-0.1, -0.05) is 27.2 Å². The number of hydrogen-bond donors (Lipinski definition) is 0. The molecule has 0 heterocycles. The number of hydrogen-bond acceptors (Lipinski definition) is 2. The molecule has 0 radical (unpaired) electrons. The van der Waals surface area contributed by atoms with Gasteiger partial charge in [0.05, 0.1) is 0 Å². The predicted octanol–water partition coefficient (Wildman–Crippen LogP) is 3.32. The summed E-state index contributed by atoms with van der Waals surface area (Å²) in [5.74, 6) is 0. The minimum Gasteiger partial charge on any atom is -0.394 e. The van der Waals surface area contributed by atoms with E-state index in [0.717, 1.165) is 25.7 Å². The Morgan fingerprint density at radius 3 is 1.69 bits per heavy atom. The van der Waals surface area contributed by atoms with Gasteiger partial charge < -0.3 is 8.85 Å². The lowest BCUT2D eigenvalue weighted by Gasteiger charge is -2.33. The van der Waals surface area contributed by atoms with Gasteiger partial charge in [-0.15, -0.1) is 0 Å². The third kappa shape index (κ3) is 3.79. The fourth-order valence-electron chi connectivity index (χ4n) is 1.65. The molecule has 3 heteroatoms. The van der Waals surface area contributed by atoms with E-state index in [4.69, 9.17) is 8.85 Å². The van der Waals surface area contributed by atoms with Gasteiger partial charge in [0.2, 0.25) is 0 Å². The first kappa shape index (κ1) is 13.1. The Kier molecular flexibility index (Phi) is 6.64. The van der Waals surface area contributed by atoms with E-state index in [-0.39, 0.29) is 0 Å². The van der Waals surface area contributed by atoms with Crippen molar-refractivity contribution >= 4 is 8.56 Å². The Morgan fingerprint density at radius 1 is 1.00 bits per heavy atom. The summed E-state index contributed by atoms with van der Waals surface area (Å²) < 4.78 is 11.8. The van der Waals surface area contributed by atoms with Crippen LogP contribution in [0.5, 0.6) is 0 Å². The molecule has 0 aliphatic rings. The summed E-state index contributed by atoms with van der Waals surface area (Å²) in [6, 6.07) is 1.12. The highest BCUT2D eigenvalue weighted by Gasteiger charge is 2.39. The zero-order valence-corrected chi connectivity index (χ0v) is 10.7. The standard InChI is InChI=1S/C10H24O2Si/c1-6-9-13(10(4)5,11-7-2)12-8-3/h10H,6-9H2,1-5H3. The molecule has 0 fully saturated rings. The zero-order chi connectivity index (χ0) is 10.3. The Morgan fingerprint density at radius 2 is 1.46 bits per heavy atom. The summed E-state index contributed by atoms with van der Waals surface area (Å²) in [5.41, 5.74) is 0.548. The predicted molar refractivity (Wildman–Crippen MR) is 59.2 cm³/mol. The third-order valence-corrected chi connectivity index (χ3v) is 6.77. The smallest absolute Gasteiger partial charge is 0.340 e. The maximum absolute atomic E-state index is 5.89. The van der Waals surface area contributed by atoms with E-state index >= 15 is 0 Å². The fraction of sp³-hybridized carbons (Fsp3) is 1.00. The van der Waals surface area contributed by atoms with Crippen molar-refractivity contribution in [1.82, 2.24) is 0 Å². The second kappa shape index (κ2) is 6.57. The molecule has 0 saturated heterocycles. The third-order valence-electron chi connectivity index (χ3n) is 2.26. The molecule has 0 amide bonds. The van der Waals surface area contributed by atoms with Crippen LogP contribution < -0.4 is 0 Å². The molecule has 0 aliphatic heterocycles. The minimum absolute atomic E-state index is 0.548. The summed E-state index contributed by atoms with van der Waals surface area (Å²) in [7, 11) is -1.87. The lowest BCUT2D eigenvalue weighted by Crippen LogP contribution is -2.45. The summed E-state index contributed by atoms with van der Waals surface area (Å²) >= 11 is 0. The van der Waals surface area contributed by atoms with E-state index in [9.17, 15) is 0 Å². The average Bonchev–Trinajstić information content (AvgIpc) is 2.05. The highest BCUT2D eigenvalue weighted by Crippen LogP contribution is 2.28. The van der Waals surface area contributed by atoms with Crippen molar-refractivity contribution in [2.75, 3.05) is 13.2 Å². The van der Waals surface area contributed by atoms with Crippen molar-refractivity contribution in [3.63, 3.8) is 0 Å². The van der Waals surface area contributed by atoms with E-state index < -0.39 is 8.56 Å². The van der Waals surface area contributed by atoms with Gasteiger partial charge in [0.15, 0.2) is 0 Å². The van der Waals surface area contributed by atoms with Crippen LogP contribution in [0.15, 0.2) is 0 Å². The molecule has 2 nitrogen and oxygen atoms in total. The van der Waals surface area contributed by atoms with Crippen molar-refractivity contribution in [1.29, 1.82) is 0 Å². The van der Waals surface area contributed by atoms with Gasteiger partial charge in [-0.25, -0.2) is 0 Å². The lowest BCUT2D eigenvalue weighted by molar-refractivity contribution is 0.174. The van der Waals surface area contributed by atoms with Crippen LogP contribution in [0.3, 0.4) is 0 Å². The molecule has 80 valence electrons. The SMILES string of the molecule is CCC[Si](OCC)(OCC)C(C)C. The van der Waals surface area contributed by atoms with Gasteiger partial charge >= 0.3 is 8.56 Å². The molecule has 0 saturated carbocycles. The van der Waals surface area contributed by atoms with Crippen molar-refractivity contribution in [3.05, 3.63) is 0 Å². The molecular weight excluding hydrogens is 180 g/mol. The zero-order valence-electron chi connectivity index (χ0n) is 9.72. The van der Waals surface area contributed by atoms with Crippen molar-refractivity contribution < 1.29 is 8.85 Å². The van der Waals surface area contributed by atoms with Crippen molar-refractivity contribution in [2.45, 2.75) is 52.6 Å². The first-order chi connectivity index (χ1) is 6.13. The summed E-state index contributed by atoms with van der Waals surface area (Å²) in [5, 5.41) is 0. The Hall–Kier alpha value is 0.137. The van der Waals surface area contributed by atoms with Crippen molar-refractivity contribution in [3.8, 4) is 0 Å². The maximum Gasteiger partial charge on any atom is 0.340 e. The first-order valence-corrected chi connectivity index (χ1v) is 7.50. The molecule has 0 aromatic heterocycles. The van der Waals surface area contributed by atoms with Gasteiger partial charge in [-0.3, -0.25) is 0 Å². The van der Waals surface area contributed by atoms with Crippen LogP contribution in [0.4, 0.5) is 0 Å². The Bertz CT molecular complexity index is 109. The van der Waals surface area contributed by atoms with E-state index in [1.807, 2.05) is 0 Å². The van der Waals surface area contributed by atoms with Gasteiger partial charge in [0, 0.05) is 13.2 Å². The Balaban J connectivity index is 4.38. The van der Waals surface area contributed by atoms with Crippen LogP contribution in [-0.4, -0.2) is 21.8 Å². The molecule has 0 bridgehead atoms. The van der Waals surface area contributed by atoms with Crippen LogP contribution >= 0.6 is 0 Å². The molecule has 0 N–H and O–H groups in total. The fourth-order valence-corrected chi connectivity index (χ4v) is 4.94. The number of rotatable bonds is 7. The molecule has 0 aromatic carbocycles. The van der Waals surface area contributed by atoms with Crippen LogP contribution in [0.25, 0.3) is 0 Å². The lowest BCUT2D eigenvalue weighted by atomic mass is 10.6. The average molecular weight is 204 g/mol.